The molecule has 0 N–H and O–H groups in total. The van der Waals surface area contributed by atoms with Crippen molar-refractivity contribution in [3.63, 3.8) is 0 Å². The molecular weight excluding hydrogens is 647 g/mol. The summed E-state index contributed by atoms with van der Waals surface area (Å²) in [5.74, 6) is 0. The molecule has 0 spiro atoms. The van der Waals surface area contributed by atoms with Gasteiger partial charge in [-0.1, -0.05) is 0 Å². The molecule has 0 amide bonds. The Kier molecular flexibility index (Phi) is 106. The minimum Gasteiger partial charge on any atom is -0.907 e. The van der Waals surface area contributed by atoms with Gasteiger partial charge in [0.25, 0.3) is 0 Å². The minimum absolute atomic E-state index is 0. The van der Waals surface area contributed by atoms with Gasteiger partial charge in [-0.15, -0.1) is 0 Å². The molecule has 0 heterocycles. The van der Waals surface area contributed by atoms with Gasteiger partial charge >= 0.3 is 77.9 Å². The summed E-state index contributed by atoms with van der Waals surface area (Å²) in [6.45, 7) is 0. The van der Waals surface area contributed by atoms with E-state index in [1.165, 1.54) is 0 Å². The van der Waals surface area contributed by atoms with Gasteiger partial charge in [0.1, 0.15) is 0 Å². The zero-order valence-electron chi connectivity index (χ0n) is 8.54. The van der Waals surface area contributed by atoms with Crippen molar-refractivity contribution >= 4 is 29.3 Å². The SMILES string of the molecule is [O-]B([O-])[O-].[O-]B([O-])[O-].[O-]B([O-])[O-].[O-]B([O-])[O-].[Rh+3].[Rh+3].[Rh+3].[Rh+3]. The molecular formula is B4O12Rh4. The van der Waals surface area contributed by atoms with Crippen molar-refractivity contribution in [1.29, 1.82) is 0 Å². The molecule has 0 fully saturated rings. The Labute approximate surface area is 166 Å². The number of rotatable bonds is 0. The van der Waals surface area contributed by atoms with Crippen molar-refractivity contribution in [3.05, 3.63) is 0 Å². The second kappa shape index (κ2) is 42.9. The third-order valence-corrected chi connectivity index (χ3v) is 0. The number of hydrogen-bond donors (Lipinski definition) is 0. The van der Waals surface area contributed by atoms with Gasteiger partial charge in [0, 0.05) is 0 Å². The molecule has 0 aromatic carbocycles. The third-order valence-electron chi connectivity index (χ3n) is 0. The molecule has 120 valence electrons. The van der Waals surface area contributed by atoms with E-state index in [1.807, 2.05) is 0 Å². The molecule has 0 rings (SSSR count). The second-order valence-corrected chi connectivity index (χ2v) is 1.15. The fourth-order valence-electron chi connectivity index (χ4n) is 0. The Bertz CT molecular complexity index is 70.4. The van der Waals surface area contributed by atoms with E-state index in [9.17, 15) is 0 Å². The molecule has 0 radical (unpaired) electrons. The minimum atomic E-state index is -2.92. The maximum absolute atomic E-state index is 8.42. The molecule has 0 aliphatic carbocycles. The van der Waals surface area contributed by atoms with E-state index in [2.05, 4.69) is 0 Å². The van der Waals surface area contributed by atoms with Crippen LogP contribution in [0.4, 0.5) is 0 Å². The summed E-state index contributed by atoms with van der Waals surface area (Å²) in [6.07, 6.45) is 0. The molecule has 0 saturated heterocycles. The predicted molar refractivity (Wildman–Crippen MR) is 23.0 cm³/mol. The average molecular weight is 647 g/mol. The zero-order valence-corrected chi connectivity index (χ0v) is 15.1. The van der Waals surface area contributed by atoms with Crippen molar-refractivity contribution in [2.45, 2.75) is 0 Å². The summed E-state index contributed by atoms with van der Waals surface area (Å²) in [4.78, 5) is 0. The van der Waals surface area contributed by atoms with Crippen molar-refractivity contribution < 1.29 is 138 Å². The fourth-order valence-corrected chi connectivity index (χ4v) is 0. The average Bonchev–Trinajstić information content (AvgIpc) is 1.76. The summed E-state index contributed by atoms with van der Waals surface area (Å²) in [5.41, 5.74) is 0. The first kappa shape index (κ1) is 49.5. The van der Waals surface area contributed by atoms with Crippen LogP contribution in [-0.4, -0.2) is 29.3 Å². The summed E-state index contributed by atoms with van der Waals surface area (Å²) >= 11 is 0. The standard InChI is InChI=1S/4BO3.4Rh/c4*2-1(3)4;;;;/q4*-3;4*+3. The van der Waals surface area contributed by atoms with Crippen molar-refractivity contribution in [1.82, 2.24) is 0 Å². The van der Waals surface area contributed by atoms with Gasteiger partial charge < -0.3 is 60.3 Å². The molecule has 0 saturated carbocycles. The third kappa shape index (κ3) is 1460. The molecule has 20 heavy (non-hydrogen) atoms. The molecule has 0 aliphatic heterocycles. The van der Waals surface area contributed by atoms with E-state index < -0.39 is 29.3 Å². The Hall–Kier alpha value is 2.27. The van der Waals surface area contributed by atoms with E-state index in [0.717, 1.165) is 0 Å². The van der Waals surface area contributed by atoms with Crippen LogP contribution < -0.4 is 60.3 Å². The van der Waals surface area contributed by atoms with Gasteiger partial charge in [0.05, 0.1) is 0 Å². The quantitative estimate of drug-likeness (QED) is 0.222. The maximum atomic E-state index is 8.42. The predicted octanol–water partition coefficient (Wildman–Crippen LogP) is -15.8. The Morgan fingerprint density at radius 1 is 0.250 bits per heavy atom. The van der Waals surface area contributed by atoms with Crippen LogP contribution in [0.3, 0.4) is 0 Å². The fraction of sp³-hybridized carbons (Fsp3) is 0. The van der Waals surface area contributed by atoms with Gasteiger partial charge in [-0.05, 0) is 0 Å². The van der Waals surface area contributed by atoms with Crippen molar-refractivity contribution in [2.75, 3.05) is 0 Å². The summed E-state index contributed by atoms with van der Waals surface area (Å²) in [7, 11) is -11.7. The van der Waals surface area contributed by atoms with Crippen LogP contribution >= 0.6 is 0 Å². The summed E-state index contributed by atoms with van der Waals surface area (Å²) in [6, 6.07) is 0. The molecule has 12 nitrogen and oxygen atoms in total. The first-order valence-corrected chi connectivity index (χ1v) is 2.83. The van der Waals surface area contributed by atoms with Crippen molar-refractivity contribution in [3.8, 4) is 0 Å². The molecule has 0 aromatic rings. The van der Waals surface area contributed by atoms with E-state index >= 15 is 0 Å². The molecule has 0 aliphatic rings. The maximum Gasteiger partial charge on any atom is 3.00 e. The van der Waals surface area contributed by atoms with Gasteiger partial charge in [0.2, 0.25) is 0 Å². The Morgan fingerprint density at radius 2 is 0.250 bits per heavy atom. The van der Waals surface area contributed by atoms with Gasteiger partial charge in [-0.25, -0.2) is 0 Å². The largest absolute Gasteiger partial charge is 3.00 e. The van der Waals surface area contributed by atoms with Gasteiger partial charge in [-0.2, -0.15) is 0 Å². The molecule has 20 heteroatoms. The first-order chi connectivity index (χ1) is 6.93. The van der Waals surface area contributed by atoms with Crippen LogP contribution in [-0.2, 0) is 77.9 Å². The van der Waals surface area contributed by atoms with Crippen LogP contribution in [0.2, 0.25) is 0 Å². The Morgan fingerprint density at radius 3 is 0.250 bits per heavy atom. The molecule has 0 bridgehead atoms. The van der Waals surface area contributed by atoms with E-state index in [0.29, 0.717) is 0 Å². The number of hydrogen-bond acceptors (Lipinski definition) is 12. The van der Waals surface area contributed by atoms with E-state index in [1.54, 1.807) is 0 Å². The first-order valence-electron chi connectivity index (χ1n) is 2.83. The van der Waals surface area contributed by atoms with Crippen molar-refractivity contribution in [2.24, 2.45) is 0 Å². The van der Waals surface area contributed by atoms with Crippen LogP contribution in [0, 0.1) is 0 Å². The second-order valence-electron chi connectivity index (χ2n) is 1.15. The molecule has 0 unspecified atom stereocenters. The van der Waals surface area contributed by atoms with E-state index in [4.69, 9.17) is 60.3 Å². The summed E-state index contributed by atoms with van der Waals surface area (Å²) in [5, 5.41) is 101. The molecule has 0 aromatic heterocycles. The van der Waals surface area contributed by atoms with E-state index in [-0.39, 0.29) is 77.9 Å². The van der Waals surface area contributed by atoms with Crippen LogP contribution in [0.25, 0.3) is 0 Å². The molecule has 0 atom stereocenters. The topological polar surface area (TPSA) is 277 Å². The Balaban J connectivity index is -0.0000000150. The normalized spacial score (nSPS) is 5.40. The zero-order chi connectivity index (χ0) is 14.3. The van der Waals surface area contributed by atoms with Gasteiger partial charge in [-0.3, -0.25) is 29.3 Å². The van der Waals surface area contributed by atoms with Crippen LogP contribution in [0.1, 0.15) is 0 Å². The van der Waals surface area contributed by atoms with Crippen LogP contribution in [0.15, 0.2) is 0 Å². The smallest absolute Gasteiger partial charge is 0.907 e. The van der Waals surface area contributed by atoms with Gasteiger partial charge in [0.15, 0.2) is 0 Å². The summed E-state index contributed by atoms with van der Waals surface area (Å²) < 4.78 is 0. The monoisotopic (exact) mass is 648 g/mol. The van der Waals surface area contributed by atoms with Crippen LogP contribution in [0.5, 0.6) is 0 Å².